The van der Waals surface area contributed by atoms with Crippen LogP contribution in [0.4, 0.5) is 5.69 Å². The van der Waals surface area contributed by atoms with Crippen molar-refractivity contribution in [1.82, 2.24) is 4.98 Å². The molecular weight excluding hydrogens is 248 g/mol. The summed E-state index contributed by atoms with van der Waals surface area (Å²) in [7, 11) is 3.32. The highest BCUT2D eigenvalue weighted by molar-refractivity contribution is 7.07. The standard InChI is InChI=1S/C13H14N2O2S/c1-15(7-10-8-18-9-14-10)12-6-4-3-5-11(12)13(16)17-2/h3-6,8-9H,7H2,1-2H3. The quantitative estimate of drug-likeness (QED) is 0.794. The Morgan fingerprint density at radius 1 is 1.44 bits per heavy atom. The minimum atomic E-state index is -0.323. The van der Waals surface area contributed by atoms with Gasteiger partial charge in [-0.25, -0.2) is 9.78 Å². The van der Waals surface area contributed by atoms with Gasteiger partial charge < -0.3 is 9.64 Å². The zero-order valence-corrected chi connectivity index (χ0v) is 11.1. The third-order valence-corrected chi connectivity index (χ3v) is 3.24. The maximum atomic E-state index is 11.7. The number of carbonyl (C=O) groups is 1. The number of thiazole rings is 1. The molecule has 0 aliphatic heterocycles. The molecule has 0 atom stereocenters. The van der Waals surface area contributed by atoms with Crippen molar-refractivity contribution in [3.8, 4) is 0 Å². The first-order valence-corrected chi connectivity index (χ1v) is 6.42. The van der Waals surface area contributed by atoms with Gasteiger partial charge >= 0.3 is 5.97 Å². The molecule has 0 radical (unpaired) electrons. The van der Waals surface area contributed by atoms with Crippen molar-refractivity contribution in [2.75, 3.05) is 19.1 Å². The van der Waals surface area contributed by atoms with Crippen LogP contribution < -0.4 is 4.90 Å². The number of hydrogen-bond donors (Lipinski definition) is 0. The van der Waals surface area contributed by atoms with Gasteiger partial charge in [-0.2, -0.15) is 0 Å². The largest absolute Gasteiger partial charge is 0.465 e. The first-order chi connectivity index (χ1) is 8.72. The molecule has 0 spiro atoms. The lowest BCUT2D eigenvalue weighted by Crippen LogP contribution is -2.19. The van der Waals surface area contributed by atoms with Crippen molar-refractivity contribution in [1.29, 1.82) is 0 Å². The molecule has 5 heteroatoms. The highest BCUT2D eigenvalue weighted by Crippen LogP contribution is 2.21. The van der Waals surface area contributed by atoms with Crippen LogP contribution in [-0.2, 0) is 11.3 Å². The van der Waals surface area contributed by atoms with Crippen molar-refractivity contribution in [2.24, 2.45) is 0 Å². The van der Waals surface area contributed by atoms with Crippen molar-refractivity contribution < 1.29 is 9.53 Å². The van der Waals surface area contributed by atoms with Crippen molar-refractivity contribution in [3.63, 3.8) is 0 Å². The van der Waals surface area contributed by atoms with Crippen LogP contribution in [0.2, 0.25) is 0 Å². The minimum absolute atomic E-state index is 0.323. The van der Waals surface area contributed by atoms with Crippen molar-refractivity contribution in [2.45, 2.75) is 6.54 Å². The Morgan fingerprint density at radius 3 is 2.89 bits per heavy atom. The van der Waals surface area contributed by atoms with Crippen LogP contribution in [0.5, 0.6) is 0 Å². The third kappa shape index (κ3) is 2.68. The van der Waals surface area contributed by atoms with E-state index in [0.717, 1.165) is 11.4 Å². The number of ether oxygens (including phenoxy) is 1. The molecule has 0 saturated carbocycles. The Hall–Kier alpha value is -1.88. The summed E-state index contributed by atoms with van der Waals surface area (Å²) in [4.78, 5) is 17.9. The fraction of sp³-hybridized carbons (Fsp3) is 0.231. The van der Waals surface area contributed by atoms with Crippen LogP contribution >= 0.6 is 11.3 Å². The smallest absolute Gasteiger partial charge is 0.339 e. The van der Waals surface area contributed by atoms with E-state index in [1.54, 1.807) is 22.9 Å². The topological polar surface area (TPSA) is 42.4 Å². The van der Waals surface area contributed by atoms with Crippen LogP contribution in [0, 0.1) is 0 Å². The van der Waals surface area contributed by atoms with Gasteiger partial charge in [-0.1, -0.05) is 12.1 Å². The number of para-hydroxylation sites is 1. The molecule has 18 heavy (non-hydrogen) atoms. The number of carbonyl (C=O) groups excluding carboxylic acids is 1. The van der Waals surface area contributed by atoms with E-state index in [-0.39, 0.29) is 5.97 Å². The number of esters is 1. The van der Waals surface area contributed by atoms with E-state index >= 15 is 0 Å². The summed E-state index contributed by atoms with van der Waals surface area (Å²) in [6.07, 6.45) is 0. The number of rotatable bonds is 4. The summed E-state index contributed by atoms with van der Waals surface area (Å²) in [5.41, 5.74) is 4.20. The third-order valence-electron chi connectivity index (χ3n) is 2.60. The molecule has 2 aromatic rings. The van der Waals surface area contributed by atoms with Crippen molar-refractivity contribution in [3.05, 3.63) is 46.4 Å². The molecule has 0 saturated heterocycles. The predicted molar refractivity (Wildman–Crippen MR) is 72.0 cm³/mol. The average Bonchev–Trinajstić information content (AvgIpc) is 2.90. The number of nitrogens with zero attached hydrogens (tertiary/aromatic N) is 2. The van der Waals surface area contributed by atoms with E-state index in [4.69, 9.17) is 4.74 Å². The second-order valence-corrected chi connectivity index (χ2v) is 4.56. The molecule has 0 N–H and O–H groups in total. The maximum absolute atomic E-state index is 11.7. The van der Waals surface area contributed by atoms with Gasteiger partial charge in [0.05, 0.1) is 36.1 Å². The predicted octanol–water partition coefficient (Wildman–Crippen LogP) is 2.57. The molecular formula is C13H14N2O2S. The lowest BCUT2D eigenvalue weighted by atomic mass is 10.1. The molecule has 1 aromatic carbocycles. The molecule has 0 aliphatic carbocycles. The fourth-order valence-corrected chi connectivity index (χ4v) is 2.28. The van der Waals surface area contributed by atoms with E-state index in [9.17, 15) is 4.79 Å². The Bertz CT molecular complexity index is 526. The number of hydrogen-bond acceptors (Lipinski definition) is 5. The van der Waals surface area contributed by atoms with Crippen LogP contribution in [0.3, 0.4) is 0 Å². The molecule has 0 amide bonds. The van der Waals surface area contributed by atoms with Gasteiger partial charge in [-0.3, -0.25) is 0 Å². The number of methoxy groups -OCH3 is 1. The first kappa shape index (κ1) is 12.6. The second kappa shape index (κ2) is 5.64. The van der Waals surface area contributed by atoms with Gasteiger partial charge in [0.1, 0.15) is 0 Å². The molecule has 0 fully saturated rings. The second-order valence-electron chi connectivity index (χ2n) is 3.84. The van der Waals surface area contributed by atoms with Gasteiger partial charge in [0.2, 0.25) is 0 Å². The lowest BCUT2D eigenvalue weighted by Gasteiger charge is -2.20. The highest BCUT2D eigenvalue weighted by atomic mass is 32.1. The molecule has 2 rings (SSSR count). The van der Waals surface area contributed by atoms with Crippen LogP contribution in [-0.4, -0.2) is 25.1 Å². The summed E-state index contributed by atoms with van der Waals surface area (Å²) in [5.74, 6) is -0.323. The SMILES string of the molecule is COC(=O)c1ccccc1N(C)Cc1cscn1. The Morgan fingerprint density at radius 2 is 2.22 bits per heavy atom. The summed E-state index contributed by atoms with van der Waals surface area (Å²) >= 11 is 1.56. The monoisotopic (exact) mass is 262 g/mol. The van der Waals surface area contributed by atoms with Crippen LogP contribution in [0.25, 0.3) is 0 Å². The zero-order valence-electron chi connectivity index (χ0n) is 10.3. The Balaban J connectivity index is 2.24. The Kier molecular flexibility index (Phi) is 3.94. The van der Waals surface area contributed by atoms with Crippen molar-refractivity contribution >= 4 is 23.0 Å². The van der Waals surface area contributed by atoms with Gasteiger partial charge in [-0.15, -0.1) is 11.3 Å². The van der Waals surface area contributed by atoms with Gasteiger partial charge in [-0.05, 0) is 12.1 Å². The summed E-state index contributed by atoms with van der Waals surface area (Å²) < 4.78 is 4.78. The van der Waals surface area contributed by atoms with Gasteiger partial charge in [0, 0.05) is 12.4 Å². The molecule has 1 aromatic heterocycles. The summed E-state index contributed by atoms with van der Waals surface area (Å²) in [6, 6.07) is 7.39. The zero-order chi connectivity index (χ0) is 13.0. The van der Waals surface area contributed by atoms with Crippen LogP contribution in [0.1, 0.15) is 16.1 Å². The van der Waals surface area contributed by atoms with E-state index in [0.29, 0.717) is 12.1 Å². The minimum Gasteiger partial charge on any atom is -0.465 e. The first-order valence-electron chi connectivity index (χ1n) is 5.48. The molecule has 94 valence electrons. The van der Waals surface area contributed by atoms with E-state index in [1.165, 1.54) is 7.11 Å². The normalized spacial score (nSPS) is 10.1. The van der Waals surface area contributed by atoms with E-state index in [2.05, 4.69) is 4.98 Å². The molecule has 0 unspecified atom stereocenters. The summed E-state index contributed by atoms with van der Waals surface area (Å²) in [6.45, 7) is 0.664. The molecule has 0 bridgehead atoms. The van der Waals surface area contributed by atoms with E-state index in [1.807, 2.05) is 35.5 Å². The van der Waals surface area contributed by atoms with Gasteiger partial charge in [0.25, 0.3) is 0 Å². The highest BCUT2D eigenvalue weighted by Gasteiger charge is 2.14. The molecule has 4 nitrogen and oxygen atoms in total. The number of benzene rings is 1. The van der Waals surface area contributed by atoms with Crippen LogP contribution in [0.15, 0.2) is 35.2 Å². The maximum Gasteiger partial charge on any atom is 0.339 e. The van der Waals surface area contributed by atoms with E-state index < -0.39 is 0 Å². The lowest BCUT2D eigenvalue weighted by molar-refractivity contribution is 0.0601. The number of aromatic nitrogens is 1. The van der Waals surface area contributed by atoms with Gasteiger partial charge in [0.15, 0.2) is 0 Å². The molecule has 0 aliphatic rings. The number of anilines is 1. The molecule has 1 heterocycles. The average molecular weight is 262 g/mol. The summed E-state index contributed by atoms with van der Waals surface area (Å²) in [5, 5.41) is 2.00. The Labute approximate surface area is 110 Å². The fourth-order valence-electron chi connectivity index (χ4n) is 1.73.